The van der Waals surface area contributed by atoms with Gasteiger partial charge < -0.3 is 15.2 Å². The second-order valence-corrected chi connectivity index (χ2v) is 7.90. The van der Waals surface area contributed by atoms with Crippen LogP contribution in [-0.4, -0.2) is 33.0 Å². The molecule has 2 N–H and O–H groups in total. The third kappa shape index (κ3) is 5.41. The molecule has 0 fully saturated rings. The van der Waals surface area contributed by atoms with Gasteiger partial charge in [0.25, 0.3) is 0 Å². The van der Waals surface area contributed by atoms with Crippen LogP contribution in [0.3, 0.4) is 0 Å². The Morgan fingerprint density at radius 2 is 2.04 bits per heavy atom. The molecule has 0 aliphatic carbocycles. The van der Waals surface area contributed by atoms with Gasteiger partial charge in [-0.25, -0.2) is 4.98 Å². The molecule has 140 valence electrons. The van der Waals surface area contributed by atoms with Crippen molar-refractivity contribution in [2.75, 3.05) is 16.4 Å². The first-order chi connectivity index (χ1) is 13.0. The summed E-state index contributed by atoms with van der Waals surface area (Å²) in [5.74, 6) is 0.689. The molecule has 0 aliphatic rings. The number of aromatic nitrogens is 2. The fraction of sp³-hybridized carbons (Fsp3) is 0.222. The highest BCUT2D eigenvalue weighted by Crippen LogP contribution is 2.25. The van der Waals surface area contributed by atoms with Gasteiger partial charge in [0, 0.05) is 17.0 Å². The maximum atomic E-state index is 12.1. The Balaban J connectivity index is 1.46. The van der Waals surface area contributed by atoms with Crippen molar-refractivity contribution in [1.82, 2.24) is 10.1 Å². The molecule has 3 rings (SSSR count). The number of thiazole rings is 1. The summed E-state index contributed by atoms with van der Waals surface area (Å²) >= 11 is 2.60. The minimum absolute atomic E-state index is 0.146. The van der Waals surface area contributed by atoms with Gasteiger partial charge in [-0.15, -0.1) is 23.1 Å². The molecule has 2 heterocycles. The van der Waals surface area contributed by atoms with E-state index in [1.165, 1.54) is 23.1 Å². The summed E-state index contributed by atoms with van der Waals surface area (Å²) in [6.45, 7) is 3.48. The molecule has 0 saturated heterocycles. The second kappa shape index (κ2) is 8.83. The number of hydrogen-bond acceptors (Lipinski definition) is 7. The Morgan fingerprint density at radius 3 is 2.74 bits per heavy atom. The molecular weight excluding hydrogens is 384 g/mol. The van der Waals surface area contributed by atoms with Gasteiger partial charge in [-0.1, -0.05) is 35.5 Å². The van der Waals surface area contributed by atoms with Gasteiger partial charge in [-0.3, -0.25) is 9.59 Å². The summed E-state index contributed by atoms with van der Waals surface area (Å²) in [5.41, 5.74) is 1.82. The minimum Gasteiger partial charge on any atom is -0.360 e. The van der Waals surface area contributed by atoms with Crippen LogP contribution in [0.15, 0.2) is 46.3 Å². The van der Waals surface area contributed by atoms with E-state index >= 15 is 0 Å². The number of carbonyl (C=O) groups is 2. The molecule has 7 nitrogen and oxygen atoms in total. The van der Waals surface area contributed by atoms with E-state index in [0.29, 0.717) is 16.7 Å². The van der Waals surface area contributed by atoms with Gasteiger partial charge in [0.1, 0.15) is 5.76 Å². The maximum Gasteiger partial charge on any atom is 0.238 e. The van der Waals surface area contributed by atoms with E-state index in [1.54, 1.807) is 19.9 Å². The first-order valence-corrected chi connectivity index (χ1v) is 10.1. The number of carbonyl (C=O) groups excluding carboxylic acids is 2. The number of rotatable bonds is 7. The lowest BCUT2D eigenvalue weighted by molar-refractivity contribution is -0.115. The molecule has 3 aromatic rings. The summed E-state index contributed by atoms with van der Waals surface area (Å²) in [5, 5.41) is 11.2. The first-order valence-electron chi connectivity index (χ1n) is 8.18. The SMILES string of the molecule is Cc1cc(NC(=O)C(C)SCC(=O)Nc2nc(-c3ccccc3)cs2)no1. The molecule has 9 heteroatoms. The number of nitrogens with zero attached hydrogens (tertiary/aromatic N) is 2. The average molecular weight is 403 g/mol. The summed E-state index contributed by atoms with van der Waals surface area (Å²) in [6, 6.07) is 11.4. The zero-order chi connectivity index (χ0) is 19.2. The van der Waals surface area contributed by atoms with Crippen molar-refractivity contribution in [3.05, 3.63) is 47.5 Å². The lowest BCUT2D eigenvalue weighted by Crippen LogP contribution is -2.25. The molecule has 0 aliphatic heterocycles. The normalized spacial score (nSPS) is 11.8. The zero-order valence-corrected chi connectivity index (χ0v) is 16.4. The third-order valence-electron chi connectivity index (χ3n) is 3.53. The smallest absolute Gasteiger partial charge is 0.238 e. The average Bonchev–Trinajstić information content (AvgIpc) is 3.29. The van der Waals surface area contributed by atoms with Crippen LogP contribution >= 0.6 is 23.1 Å². The Kier molecular flexibility index (Phi) is 6.25. The van der Waals surface area contributed by atoms with E-state index in [1.807, 2.05) is 35.7 Å². The first kappa shape index (κ1) is 19.1. The van der Waals surface area contributed by atoms with E-state index < -0.39 is 5.25 Å². The summed E-state index contributed by atoms with van der Waals surface area (Å²) in [4.78, 5) is 28.6. The van der Waals surface area contributed by atoms with Gasteiger partial charge in [0.15, 0.2) is 10.9 Å². The molecule has 0 radical (unpaired) electrons. The number of nitrogens with one attached hydrogen (secondary N) is 2. The van der Waals surface area contributed by atoms with Crippen molar-refractivity contribution >= 4 is 45.9 Å². The van der Waals surface area contributed by atoms with Crippen LogP contribution < -0.4 is 10.6 Å². The largest absolute Gasteiger partial charge is 0.360 e. The Morgan fingerprint density at radius 1 is 1.26 bits per heavy atom. The van der Waals surface area contributed by atoms with E-state index in [9.17, 15) is 9.59 Å². The molecule has 2 amide bonds. The van der Waals surface area contributed by atoms with E-state index in [0.717, 1.165) is 11.3 Å². The van der Waals surface area contributed by atoms with Crippen molar-refractivity contribution in [3.8, 4) is 11.3 Å². The van der Waals surface area contributed by atoms with Crippen LogP contribution in [0.1, 0.15) is 12.7 Å². The minimum atomic E-state index is -0.413. The topological polar surface area (TPSA) is 97.1 Å². The Bertz CT molecular complexity index is 924. The molecule has 1 unspecified atom stereocenters. The molecule has 0 spiro atoms. The van der Waals surface area contributed by atoms with Crippen molar-refractivity contribution in [2.45, 2.75) is 19.1 Å². The van der Waals surface area contributed by atoms with Gasteiger partial charge >= 0.3 is 0 Å². The van der Waals surface area contributed by atoms with Crippen LogP contribution in [0.5, 0.6) is 0 Å². The van der Waals surface area contributed by atoms with E-state index in [4.69, 9.17) is 4.52 Å². The Labute approximate surface area is 164 Å². The van der Waals surface area contributed by atoms with Crippen molar-refractivity contribution in [1.29, 1.82) is 0 Å². The van der Waals surface area contributed by atoms with Crippen LogP contribution in [0, 0.1) is 6.92 Å². The van der Waals surface area contributed by atoms with Crippen LogP contribution in [0.25, 0.3) is 11.3 Å². The van der Waals surface area contributed by atoms with E-state index in [2.05, 4.69) is 20.8 Å². The van der Waals surface area contributed by atoms with E-state index in [-0.39, 0.29) is 17.6 Å². The fourth-order valence-corrected chi connectivity index (χ4v) is 3.58. The summed E-state index contributed by atoms with van der Waals surface area (Å²) in [6.07, 6.45) is 0. The lowest BCUT2D eigenvalue weighted by Gasteiger charge is -2.09. The molecule has 1 atom stereocenters. The Hall–Kier alpha value is -2.65. The molecule has 27 heavy (non-hydrogen) atoms. The molecule has 2 aromatic heterocycles. The van der Waals surface area contributed by atoms with Crippen molar-refractivity contribution < 1.29 is 14.1 Å². The predicted molar refractivity (Wildman–Crippen MR) is 108 cm³/mol. The number of benzene rings is 1. The summed E-state index contributed by atoms with van der Waals surface area (Å²) < 4.78 is 4.90. The quantitative estimate of drug-likeness (QED) is 0.624. The van der Waals surface area contributed by atoms with Crippen LogP contribution in [-0.2, 0) is 9.59 Å². The standard InChI is InChI=1S/C18H18N4O3S2/c1-11-8-15(22-25-11)20-17(24)12(2)26-10-16(23)21-18-19-14(9-27-18)13-6-4-3-5-7-13/h3-9,12H,10H2,1-2H3,(H,19,21,23)(H,20,22,24). The number of thioether (sulfide) groups is 1. The third-order valence-corrected chi connectivity index (χ3v) is 5.43. The van der Waals surface area contributed by atoms with Crippen LogP contribution in [0.2, 0.25) is 0 Å². The molecule has 0 bridgehead atoms. The zero-order valence-electron chi connectivity index (χ0n) is 14.8. The van der Waals surface area contributed by atoms with Gasteiger partial charge in [-0.2, -0.15) is 0 Å². The number of hydrogen-bond donors (Lipinski definition) is 2. The highest BCUT2D eigenvalue weighted by molar-refractivity contribution is 8.01. The molecular formula is C18H18N4O3S2. The monoisotopic (exact) mass is 402 g/mol. The summed E-state index contributed by atoms with van der Waals surface area (Å²) in [7, 11) is 0. The number of amides is 2. The van der Waals surface area contributed by atoms with Crippen LogP contribution in [0.4, 0.5) is 10.9 Å². The van der Waals surface area contributed by atoms with Gasteiger partial charge in [0.05, 0.1) is 16.7 Å². The van der Waals surface area contributed by atoms with Gasteiger partial charge in [-0.05, 0) is 13.8 Å². The van der Waals surface area contributed by atoms with Gasteiger partial charge in [0.2, 0.25) is 11.8 Å². The molecule has 1 aromatic carbocycles. The highest BCUT2D eigenvalue weighted by atomic mass is 32.2. The fourth-order valence-electron chi connectivity index (χ4n) is 2.16. The lowest BCUT2D eigenvalue weighted by atomic mass is 10.2. The predicted octanol–water partition coefficient (Wildman–Crippen LogP) is 3.81. The second-order valence-electron chi connectivity index (χ2n) is 5.72. The van der Waals surface area contributed by atoms with Crippen molar-refractivity contribution in [2.24, 2.45) is 0 Å². The maximum absolute atomic E-state index is 12.1. The number of aryl methyl sites for hydroxylation is 1. The van der Waals surface area contributed by atoms with Crippen molar-refractivity contribution in [3.63, 3.8) is 0 Å². The highest BCUT2D eigenvalue weighted by Gasteiger charge is 2.17. The number of anilines is 2. The molecule has 0 saturated carbocycles.